The van der Waals surface area contributed by atoms with Gasteiger partial charge in [0, 0.05) is 44.0 Å². The van der Waals surface area contributed by atoms with Crippen LogP contribution in [0.2, 0.25) is 0 Å². The summed E-state index contributed by atoms with van der Waals surface area (Å²) < 4.78 is 7.06. The number of amides is 1. The van der Waals surface area contributed by atoms with Gasteiger partial charge in [-0.25, -0.2) is 9.78 Å². The fourth-order valence-corrected chi connectivity index (χ4v) is 3.93. The molecule has 9 nitrogen and oxygen atoms in total. The highest BCUT2D eigenvalue weighted by molar-refractivity contribution is 5.67. The Kier molecular flexibility index (Phi) is 5.31. The van der Waals surface area contributed by atoms with E-state index in [0.717, 1.165) is 49.6 Å². The number of aromatic nitrogens is 4. The van der Waals surface area contributed by atoms with E-state index in [9.17, 15) is 4.79 Å². The molecule has 150 valence electrons. The molecule has 1 amide bonds. The molecule has 0 spiro atoms. The number of hydrogen-bond donors (Lipinski definition) is 1. The lowest BCUT2D eigenvalue weighted by molar-refractivity contribution is 0.0880. The first-order valence-electron chi connectivity index (χ1n) is 10.00. The van der Waals surface area contributed by atoms with E-state index in [1.807, 2.05) is 23.9 Å². The average molecular weight is 385 g/mol. The standard InChI is InChI=1S/C19H27N7O2/c1-2-28-19(27)25-9-5-6-15(13-25)26-12-14(11-21-26)16-10-17(23-18(20)22-16)24-7-3-4-8-24/h10-12,15H,2-9,13H2,1H3,(H2,20,22,23). The number of carbonyl (C=O) groups excluding carboxylic acids is 1. The van der Waals surface area contributed by atoms with Crippen LogP contribution in [0.15, 0.2) is 18.5 Å². The third-order valence-corrected chi connectivity index (χ3v) is 5.35. The lowest BCUT2D eigenvalue weighted by atomic mass is 10.1. The van der Waals surface area contributed by atoms with E-state index in [4.69, 9.17) is 10.5 Å². The fraction of sp³-hybridized carbons (Fsp3) is 0.579. The summed E-state index contributed by atoms with van der Waals surface area (Å²) >= 11 is 0. The molecule has 0 radical (unpaired) electrons. The Morgan fingerprint density at radius 2 is 2.07 bits per heavy atom. The lowest BCUT2D eigenvalue weighted by Gasteiger charge is -2.32. The van der Waals surface area contributed by atoms with Gasteiger partial charge in [-0.3, -0.25) is 4.68 Å². The number of ether oxygens (including phenoxy) is 1. The predicted molar refractivity (Wildman–Crippen MR) is 106 cm³/mol. The van der Waals surface area contributed by atoms with Crippen LogP contribution in [0.25, 0.3) is 11.3 Å². The number of anilines is 2. The molecule has 0 bridgehead atoms. The van der Waals surface area contributed by atoms with E-state index in [2.05, 4.69) is 20.0 Å². The minimum absolute atomic E-state index is 0.129. The second-order valence-corrected chi connectivity index (χ2v) is 7.31. The van der Waals surface area contributed by atoms with Gasteiger partial charge in [0.1, 0.15) is 5.82 Å². The smallest absolute Gasteiger partial charge is 0.409 e. The van der Waals surface area contributed by atoms with Gasteiger partial charge in [-0.05, 0) is 32.6 Å². The number of nitrogens with two attached hydrogens (primary N) is 1. The zero-order valence-corrected chi connectivity index (χ0v) is 16.3. The van der Waals surface area contributed by atoms with Gasteiger partial charge in [-0.1, -0.05) is 0 Å². The van der Waals surface area contributed by atoms with Crippen molar-refractivity contribution < 1.29 is 9.53 Å². The molecule has 0 aliphatic carbocycles. The van der Waals surface area contributed by atoms with Crippen LogP contribution in [-0.2, 0) is 4.74 Å². The van der Waals surface area contributed by atoms with E-state index < -0.39 is 0 Å². The summed E-state index contributed by atoms with van der Waals surface area (Å²) in [6, 6.07) is 2.11. The Labute approximate surface area is 164 Å². The zero-order chi connectivity index (χ0) is 19.5. The van der Waals surface area contributed by atoms with Gasteiger partial charge < -0.3 is 20.3 Å². The van der Waals surface area contributed by atoms with Crippen molar-refractivity contribution in [3.05, 3.63) is 18.5 Å². The average Bonchev–Trinajstić information content (AvgIpc) is 3.40. The van der Waals surface area contributed by atoms with Gasteiger partial charge in [0.2, 0.25) is 5.95 Å². The largest absolute Gasteiger partial charge is 0.450 e. The zero-order valence-electron chi connectivity index (χ0n) is 16.3. The second kappa shape index (κ2) is 8.04. The first-order valence-corrected chi connectivity index (χ1v) is 10.00. The molecule has 0 aromatic carbocycles. The molecule has 9 heteroatoms. The maximum Gasteiger partial charge on any atom is 0.409 e. The Bertz CT molecular complexity index is 831. The highest BCUT2D eigenvalue weighted by Crippen LogP contribution is 2.27. The Morgan fingerprint density at radius 3 is 2.86 bits per heavy atom. The van der Waals surface area contributed by atoms with E-state index in [1.54, 1.807) is 11.1 Å². The van der Waals surface area contributed by atoms with Gasteiger partial charge in [-0.2, -0.15) is 10.1 Å². The summed E-state index contributed by atoms with van der Waals surface area (Å²) in [6.07, 6.45) is 7.79. The molecule has 4 heterocycles. The summed E-state index contributed by atoms with van der Waals surface area (Å²) in [5.74, 6) is 1.15. The third-order valence-electron chi connectivity index (χ3n) is 5.35. The number of piperidine rings is 1. The lowest BCUT2D eigenvalue weighted by Crippen LogP contribution is -2.41. The molecule has 2 aromatic rings. The molecule has 2 fully saturated rings. The van der Waals surface area contributed by atoms with Crippen LogP contribution in [-0.4, -0.2) is 63.5 Å². The third kappa shape index (κ3) is 3.88. The van der Waals surface area contributed by atoms with Crippen LogP contribution in [0.1, 0.15) is 38.6 Å². The molecule has 28 heavy (non-hydrogen) atoms. The van der Waals surface area contributed by atoms with Crippen molar-refractivity contribution in [1.82, 2.24) is 24.6 Å². The highest BCUT2D eigenvalue weighted by atomic mass is 16.6. The Balaban J connectivity index is 1.52. The number of nitrogens with zero attached hydrogens (tertiary/aromatic N) is 6. The first-order chi connectivity index (χ1) is 13.6. The van der Waals surface area contributed by atoms with Crippen molar-refractivity contribution in [2.45, 2.75) is 38.6 Å². The van der Waals surface area contributed by atoms with Gasteiger partial charge in [-0.15, -0.1) is 0 Å². The van der Waals surface area contributed by atoms with Crippen molar-refractivity contribution in [1.29, 1.82) is 0 Å². The number of likely N-dealkylation sites (tertiary alicyclic amines) is 1. The summed E-state index contributed by atoms with van der Waals surface area (Å²) in [5.41, 5.74) is 7.64. The second-order valence-electron chi connectivity index (χ2n) is 7.31. The highest BCUT2D eigenvalue weighted by Gasteiger charge is 2.26. The van der Waals surface area contributed by atoms with Crippen molar-refractivity contribution in [2.24, 2.45) is 0 Å². The SMILES string of the molecule is CCOC(=O)N1CCCC(n2cc(-c3cc(N4CCCC4)nc(N)n3)cn2)C1. The van der Waals surface area contributed by atoms with Gasteiger partial charge in [0.15, 0.2) is 0 Å². The fourth-order valence-electron chi connectivity index (χ4n) is 3.93. The van der Waals surface area contributed by atoms with Crippen LogP contribution in [0, 0.1) is 0 Å². The van der Waals surface area contributed by atoms with Crippen LogP contribution >= 0.6 is 0 Å². The van der Waals surface area contributed by atoms with E-state index >= 15 is 0 Å². The normalized spacial score (nSPS) is 19.8. The number of nitrogen functional groups attached to an aromatic ring is 1. The monoisotopic (exact) mass is 385 g/mol. The maximum absolute atomic E-state index is 12.0. The van der Waals surface area contributed by atoms with Crippen molar-refractivity contribution in [2.75, 3.05) is 43.4 Å². The number of hydrogen-bond acceptors (Lipinski definition) is 7. The molecule has 2 N–H and O–H groups in total. The summed E-state index contributed by atoms with van der Waals surface area (Å²) in [5, 5.41) is 4.54. The molecular formula is C19H27N7O2. The topological polar surface area (TPSA) is 102 Å². The van der Waals surface area contributed by atoms with Crippen molar-refractivity contribution >= 4 is 17.9 Å². The van der Waals surface area contributed by atoms with Crippen molar-refractivity contribution in [3.63, 3.8) is 0 Å². The van der Waals surface area contributed by atoms with Crippen molar-refractivity contribution in [3.8, 4) is 11.3 Å². The molecule has 2 saturated heterocycles. The van der Waals surface area contributed by atoms with E-state index in [-0.39, 0.29) is 18.1 Å². The van der Waals surface area contributed by atoms with Crippen LogP contribution in [0.4, 0.5) is 16.6 Å². The maximum atomic E-state index is 12.0. The quantitative estimate of drug-likeness (QED) is 0.861. The molecule has 4 rings (SSSR count). The van der Waals surface area contributed by atoms with E-state index in [0.29, 0.717) is 13.2 Å². The summed E-state index contributed by atoms with van der Waals surface area (Å²) in [6.45, 7) is 5.54. The summed E-state index contributed by atoms with van der Waals surface area (Å²) in [7, 11) is 0. The predicted octanol–water partition coefficient (Wildman–Crippen LogP) is 2.32. The van der Waals surface area contributed by atoms with Crippen LogP contribution in [0.5, 0.6) is 0 Å². The molecule has 1 atom stereocenters. The molecule has 0 saturated carbocycles. The van der Waals surface area contributed by atoms with E-state index in [1.165, 1.54) is 12.8 Å². The molecule has 2 aromatic heterocycles. The van der Waals surface area contributed by atoms with Gasteiger partial charge in [0.25, 0.3) is 0 Å². The molecule has 2 aliphatic rings. The van der Waals surface area contributed by atoms with Crippen LogP contribution in [0.3, 0.4) is 0 Å². The Morgan fingerprint density at radius 1 is 1.25 bits per heavy atom. The summed E-state index contributed by atoms with van der Waals surface area (Å²) in [4.78, 5) is 24.8. The van der Waals surface area contributed by atoms with Gasteiger partial charge in [0.05, 0.1) is 24.5 Å². The molecule has 1 unspecified atom stereocenters. The minimum Gasteiger partial charge on any atom is -0.450 e. The number of carbonyl (C=O) groups is 1. The molecular weight excluding hydrogens is 358 g/mol. The minimum atomic E-state index is -0.251. The molecule has 2 aliphatic heterocycles. The first kappa shape index (κ1) is 18.5. The number of rotatable bonds is 4. The Hall–Kier alpha value is -2.84. The van der Waals surface area contributed by atoms with Gasteiger partial charge >= 0.3 is 6.09 Å². The van der Waals surface area contributed by atoms with Crippen LogP contribution < -0.4 is 10.6 Å².